The standard InChI is InChI=1S/C17H24N2S/c1-3-13-9-8-12(2)19(13)11-15-14-6-4-5-7-16(14)20-17(15)10-18/h4-7,12-13H,3,8-11,18H2,1-2H3. The van der Waals surface area contributed by atoms with Crippen LogP contribution in [0, 0.1) is 0 Å². The topological polar surface area (TPSA) is 29.3 Å². The Kier molecular flexibility index (Phi) is 4.11. The number of hydrogen-bond acceptors (Lipinski definition) is 3. The van der Waals surface area contributed by atoms with Crippen LogP contribution < -0.4 is 5.73 Å². The summed E-state index contributed by atoms with van der Waals surface area (Å²) in [5.41, 5.74) is 7.45. The van der Waals surface area contributed by atoms with Crippen molar-refractivity contribution in [2.24, 2.45) is 5.73 Å². The molecule has 0 radical (unpaired) electrons. The molecule has 2 N–H and O–H groups in total. The third-order valence-electron chi connectivity index (χ3n) is 4.73. The maximum atomic E-state index is 5.98. The van der Waals surface area contributed by atoms with E-state index in [4.69, 9.17) is 5.73 Å². The Bertz CT molecular complexity index is 590. The molecule has 0 spiro atoms. The number of nitrogens with two attached hydrogens (primary N) is 1. The minimum Gasteiger partial charge on any atom is -0.326 e. The second-order valence-electron chi connectivity index (χ2n) is 5.86. The van der Waals surface area contributed by atoms with Gasteiger partial charge < -0.3 is 5.73 Å². The van der Waals surface area contributed by atoms with E-state index in [0.29, 0.717) is 12.6 Å². The molecule has 0 bridgehead atoms. The van der Waals surface area contributed by atoms with E-state index in [-0.39, 0.29) is 0 Å². The van der Waals surface area contributed by atoms with Crippen molar-refractivity contribution in [1.82, 2.24) is 4.90 Å². The molecule has 3 rings (SSSR count). The summed E-state index contributed by atoms with van der Waals surface area (Å²) in [6.45, 7) is 6.40. The van der Waals surface area contributed by atoms with E-state index in [1.54, 1.807) is 0 Å². The molecule has 0 saturated carbocycles. The van der Waals surface area contributed by atoms with Crippen LogP contribution in [-0.2, 0) is 13.1 Å². The summed E-state index contributed by atoms with van der Waals surface area (Å²) in [6, 6.07) is 10.2. The number of nitrogens with zero attached hydrogens (tertiary/aromatic N) is 1. The highest BCUT2D eigenvalue weighted by atomic mass is 32.1. The van der Waals surface area contributed by atoms with E-state index < -0.39 is 0 Å². The van der Waals surface area contributed by atoms with Gasteiger partial charge in [-0.05, 0) is 43.2 Å². The highest BCUT2D eigenvalue weighted by molar-refractivity contribution is 7.19. The third kappa shape index (κ3) is 2.39. The number of likely N-dealkylation sites (tertiary alicyclic amines) is 1. The van der Waals surface area contributed by atoms with Crippen LogP contribution in [0.3, 0.4) is 0 Å². The third-order valence-corrected chi connectivity index (χ3v) is 5.97. The maximum Gasteiger partial charge on any atom is 0.0349 e. The van der Waals surface area contributed by atoms with Crippen molar-refractivity contribution in [3.05, 3.63) is 34.7 Å². The quantitative estimate of drug-likeness (QED) is 0.917. The summed E-state index contributed by atoms with van der Waals surface area (Å²) in [5.74, 6) is 0. The summed E-state index contributed by atoms with van der Waals surface area (Å²) in [5, 5.41) is 1.41. The number of rotatable bonds is 4. The Morgan fingerprint density at radius 1 is 1.30 bits per heavy atom. The minimum absolute atomic E-state index is 0.660. The van der Waals surface area contributed by atoms with Gasteiger partial charge in [0.2, 0.25) is 0 Å². The van der Waals surface area contributed by atoms with Crippen molar-refractivity contribution < 1.29 is 0 Å². The fourth-order valence-electron chi connectivity index (χ4n) is 3.52. The monoisotopic (exact) mass is 288 g/mol. The largest absolute Gasteiger partial charge is 0.326 e. The Balaban J connectivity index is 1.97. The van der Waals surface area contributed by atoms with Gasteiger partial charge in [0.25, 0.3) is 0 Å². The van der Waals surface area contributed by atoms with Gasteiger partial charge in [0.1, 0.15) is 0 Å². The molecule has 2 atom stereocenters. The summed E-state index contributed by atoms with van der Waals surface area (Å²) in [4.78, 5) is 4.05. The molecule has 2 unspecified atom stereocenters. The van der Waals surface area contributed by atoms with Crippen molar-refractivity contribution in [3.8, 4) is 0 Å². The lowest BCUT2D eigenvalue weighted by atomic mass is 10.1. The molecule has 1 aliphatic rings. The molecule has 1 fully saturated rings. The van der Waals surface area contributed by atoms with Gasteiger partial charge in [0.05, 0.1) is 0 Å². The van der Waals surface area contributed by atoms with Crippen molar-refractivity contribution in [2.75, 3.05) is 0 Å². The van der Waals surface area contributed by atoms with E-state index in [0.717, 1.165) is 12.6 Å². The number of benzene rings is 1. The zero-order valence-corrected chi connectivity index (χ0v) is 13.2. The van der Waals surface area contributed by atoms with Crippen LogP contribution in [0.2, 0.25) is 0 Å². The molecule has 1 aromatic carbocycles. The van der Waals surface area contributed by atoms with Crippen molar-refractivity contribution in [3.63, 3.8) is 0 Å². The van der Waals surface area contributed by atoms with E-state index >= 15 is 0 Å². The van der Waals surface area contributed by atoms with Gasteiger partial charge in [-0.1, -0.05) is 25.1 Å². The predicted molar refractivity (Wildman–Crippen MR) is 88.0 cm³/mol. The summed E-state index contributed by atoms with van der Waals surface area (Å²) in [6.07, 6.45) is 3.93. The molecule has 2 heterocycles. The molecule has 0 aliphatic carbocycles. The van der Waals surface area contributed by atoms with Gasteiger partial charge in [-0.2, -0.15) is 0 Å². The molecule has 3 heteroatoms. The fourth-order valence-corrected chi connectivity index (χ4v) is 4.61. The van der Waals surface area contributed by atoms with Crippen LogP contribution >= 0.6 is 11.3 Å². The second kappa shape index (κ2) is 5.84. The minimum atomic E-state index is 0.660. The molecule has 20 heavy (non-hydrogen) atoms. The molecule has 1 aliphatic heterocycles. The molecular weight excluding hydrogens is 264 g/mol. The van der Waals surface area contributed by atoms with Gasteiger partial charge in [0, 0.05) is 34.8 Å². The highest BCUT2D eigenvalue weighted by Crippen LogP contribution is 2.35. The van der Waals surface area contributed by atoms with Crippen LogP contribution in [0.25, 0.3) is 10.1 Å². The lowest BCUT2D eigenvalue weighted by Gasteiger charge is -2.28. The van der Waals surface area contributed by atoms with Crippen LogP contribution in [-0.4, -0.2) is 17.0 Å². The van der Waals surface area contributed by atoms with Gasteiger partial charge in [-0.15, -0.1) is 11.3 Å². The fraction of sp³-hybridized carbons (Fsp3) is 0.529. The average molecular weight is 288 g/mol. The predicted octanol–water partition coefficient (Wildman–Crippen LogP) is 4.12. The first-order valence-electron chi connectivity index (χ1n) is 7.69. The summed E-state index contributed by atoms with van der Waals surface area (Å²) < 4.78 is 1.38. The van der Waals surface area contributed by atoms with Gasteiger partial charge in [-0.3, -0.25) is 4.90 Å². The van der Waals surface area contributed by atoms with Crippen LogP contribution in [0.4, 0.5) is 0 Å². The maximum absolute atomic E-state index is 5.98. The van der Waals surface area contributed by atoms with Crippen molar-refractivity contribution in [1.29, 1.82) is 0 Å². The molecule has 0 amide bonds. The first kappa shape index (κ1) is 14.1. The van der Waals surface area contributed by atoms with Gasteiger partial charge >= 0.3 is 0 Å². The average Bonchev–Trinajstić information content (AvgIpc) is 3.01. The molecule has 2 nitrogen and oxygen atoms in total. The van der Waals surface area contributed by atoms with E-state index in [1.165, 1.54) is 39.8 Å². The van der Waals surface area contributed by atoms with Gasteiger partial charge in [-0.25, -0.2) is 0 Å². The van der Waals surface area contributed by atoms with E-state index in [1.807, 2.05) is 11.3 Å². The second-order valence-corrected chi connectivity index (χ2v) is 7.00. The number of fused-ring (bicyclic) bond motifs is 1. The number of thiophene rings is 1. The number of hydrogen-bond donors (Lipinski definition) is 1. The Morgan fingerprint density at radius 2 is 2.10 bits per heavy atom. The molecule has 2 aromatic rings. The first-order chi connectivity index (χ1) is 9.74. The Labute approximate surface area is 125 Å². The zero-order chi connectivity index (χ0) is 14.1. The van der Waals surface area contributed by atoms with Crippen molar-refractivity contribution in [2.45, 2.75) is 58.3 Å². The van der Waals surface area contributed by atoms with E-state index in [9.17, 15) is 0 Å². The van der Waals surface area contributed by atoms with Gasteiger partial charge in [0.15, 0.2) is 0 Å². The van der Waals surface area contributed by atoms with Crippen LogP contribution in [0.15, 0.2) is 24.3 Å². The van der Waals surface area contributed by atoms with Crippen LogP contribution in [0.1, 0.15) is 43.6 Å². The molecule has 1 saturated heterocycles. The van der Waals surface area contributed by atoms with Crippen molar-refractivity contribution >= 4 is 21.4 Å². The summed E-state index contributed by atoms with van der Waals surface area (Å²) >= 11 is 1.87. The normalized spacial score (nSPS) is 23.8. The summed E-state index contributed by atoms with van der Waals surface area (Å²) in [7, 11) is 0. The van der Waals surface area contributed by atoms with Crippen LogP contribution in [0.5, 0.6) is 0 Å². The molecule has 1 aromatic heterocycles. The first-order valence-corrected chi connectivity index (χ1v) is 8.51. The highest BCUT2D eigenvalue weighted by Gasteiger charge is 2.30. The Hall–Kier alpha value is -0.900. The molecular formula is C17H24N2S. The van der Waals surface area contributed by atoms with E-state index in [2.05, 4.69) is 43.0 Å². The lowest BCUT2D eigenvalue weighted by Crippen LogP contribution is -2.33. The molecule has 108 valence electrons. The lowest BCUT2D eigenvalue weighted by molar-refractivity contribution is 0.190. The smallest absolute Gasteiger partial charge is 0.0349 e. The SMILES string of the molecule is CCC1CCC(C)N1Cc1c(CN)sc2ccccc12. The Morgan fingerprint density at radius 3 is 2.85 bits per heavy atom. The zero-order valence-electron chi connectivity index (χ0n) is 12.4.